The number of carboxylic acid groups (broad SMARTS) is 2. The molecule has 0 bridgehead atoms. The second-order valence-corrected chi connectivity index (χ2v) is 1.04. The van der Waals surface area contributed by atoms with Crippen LogP contribution in [-0.2, 0) is 9.59 Å². The van der Waals surface area contributed by atoms with E-state index in [1.54, 1.807) is 0 Å². The summed E-state index contributed by atoms with van der Waals surface area (Å²) in [7, 11) is 0. The molecule has 0 amide bonds. The van der Waals surface area contributed by atoms with E-state index in [1.807, 2.05) is 0 Å². The predicted molar refractivity (Wildman–Crippen MR) is 32.4 cm³/mol. The van der Waals surface area contributed by atoms with Gasteiger partial charge in [0.25, 0.3) is 11.9 Å². The van der Waals surface area contributed by atoms with Crippen molar-refractivity contribution in [1.82, 2.24) is 0 Å². The van der Waals surface area contributed by atoms with Gasteiger partial charge in [0.1, 0.15) is 0 Å². The van der Waals surface area contributed by atoms with Crippen molar-refractivity contribution in [3.05, 3.63) is 0 Å². The highest BCUT2D eigenvalue weighted by Gasteiger charge is 1.65. The van der Waals surface area contributed by atoms with Gasteiger partial charge in [-0.05, 0) is 0 Å². The molecule has 2 N–H and O–H groups in total. The Hall–Kier alpha value is -0.294. The monoisotopic (exact) mass is 144 g/mol. The summed E-state index contributed by atoms with van der Waals surface area (Å²) in [6.07, 6.45) is 0. The summed E-state index contributed by atoms with van der Waals surface area (Å²) in [4.78, 5) is 18.0. The molecule has 0 atom stereocenters. The summed E-state index contributed by atoms with van der Waals surface area (Å²) in [6.45, 7) is 2.17. The summed E-state index contributed by atoms with van der Waals surface area (Å²) in [5.74, 6) is -1.67. The van der Waals surface area contributed by atoms with Gasteiger partial charge in [0.2, 0.25) is 0 Å². The number of hydrogen-bond acceptors (Lipinski definition) is 2. The second kappa shape index (κ2) is 10.6. The minimum atomic E-state index is -0.833. The van der Waals surface area contributed by atoms with E-state index in [1.165, 1.54) is 0 Å². The Morgan fingerprint density at radius 3 is 1.00 bits per heavy atom. The second-order valence-electron chi connectivity index (χ2n) is 1.04. The lowest BCUT2D eigenvalue weighted by molar-refractivity contribution is -0.135. The van der Waals surface area contributed by atoms with Crippen molar-refractivity contribution in [2.45, 2.75) is 13.8 Å². The van der Waals surface area contributed by atoms with Crippen LogP contribution in [0.25, 0.3) is 0 Å². The molecule has 0 saturated carbocycles. The molecule has 0 aliphatic carbocycles. The molecule has 9 heavy (non-hydrogen) atoms. The maximum atomic E-state index is 9.00. The summed E-state index contributed by atoms with van der Waals surface area (Å²) >= 11 is 0. The molecule has 0 aromatic rings. The molecule has 2 radical (unpaired) electrons. The van der Waals surface area contributed by atoms with Crippen LogP contribution in [0.4, 0.5) is 0 Å². The zero-order valence-electron chi connectivity index (χ0n) is 5.42. The Kier molecular flexibility index (Phi) is 18.8. The van der Waals surface area contributed by atoms with Gasteiger partial charge in [0, 0.05) is 36.9 Å². The highest BCUT2D eigenvalue weighted by atomic mass is 24.3. The first-order valence-electron chi connectivity index (χ1n) is 1.86. The molecular weight excluding hydrogens is 136 g/mol. The third-order valence-electron chi connectivity index (χ3n) is 0. The van der Waals surface area contributed by atoms with Crippen LogP contribution < -0.4 is 0 Å². The van der Waals surface area contributed by atoms with E-state index >= 15 is 0 Å². The fourth-order valence-electron chi connectivity index (χ4n) is 0. The topological polar surface area (TPSA) is 74.6 Å². The fraction of sp³-hybridized carbons (Fsp3) is 0.500. The van der Waals surface area contributed by atoms with E-state index in [0.29, 0.717) is 0 Å². The molecule has 0 spiro atoms. The van der Waals surface area contributed by atoms with E-state index in [2.05, 4.69) is 0 Å². The van der Waals surface area contributed by atoms with Crippen LogP contribution in [0.3, 0.4) is 0 Å². The minimum Gasteiger partial charge on any atom is -0.481 e. The van der Waals surface area contributed by atoms with E-state index in [-0.39, 0.29) is 23.1 Å². The van der Waals surface area contributed by atoms with Crippen molar-refractivity contribution in [1.29, 1.82) is 0 Å². The quantitative estimate of drug-likeness (QED) is 0.462. The predicted octanol–water partition coefficient (Wildman–Crippen LogP) is -0.199. The summed E-state index contributed by atoms with van der Waals surface area (Å²) < 4.78 is 0. The van der Waals surface area contributed by atoms with Crippen LogP contribution in [0.5, 0.6) is 0 Å². The molecule has 0 saturated heterocycles. The molecule has 5 heteroatoms. The first-order valence-corrected chi connectivity index (χ1v) is 1.86. The maximum Gasteiger partial charge on any atom is 0.300 e. The molecule has 0 rings (SSSR count). The molecule has 0 aliphatic heterocycles. The maximum absolute atomic E-state index is 9.00. The number of carboxylic acids is 2. The minimum absolute atomic E-state index is 0. The largest absolute Gasteiger partial charge is 0.481 e. The van der Waals surface area contributed by atoms with Crippen LogP contribution in [0.15, 0.2) is 0 Å². The lowest BCUT2D eigenvalue weighted by atomic mass is 10.9. The summed E-state index contributed by atoms with van der Waals surface area (Å²) in [5, 5.41) is 14.8. The van der Waals surface area contributed by atoms with Gasteiger partial charge in [-0.25, -0.2) is 0 Å². The lowest BCUT2D eigenvalue weighted by Gasteiger charge is -1.59. The average molecular weight is 144 g/mol. The van der Waals surface area contributed by atoms with Crippen molar-refractivity contribution >= 4 is 35.0 Å². The van der Waals surface area contributed by atoms with Crippen molar-refractivity contribution in [3.63, 3.8) is 0 Å². The van der Waals surface area contributed by atoms with Gasteiger partial charge in [0.05, 0.1) is 0 Å². The Bertz CT molecular complexity index is 70.6. The van der Waals surface area contributed by atoms with E-state index < -0.39 is 11.9 Å². The number of rotatable bonds is 0. The van der Waals surface area contributed by atoms with E-state index in [4.69, 9.17) is 19.8 Å². The van der Waals surface area contributed by atoms with Crippen molar-refractivity contribution in [2.75, 3.05) is 0 Å². The first kappa shape index (κ1) is 15.9. The standard InChI is InChI=1S/2C2H4O2.Mg/c2*1-2(3)4;/h2*1H3,(H,3,4);. The van der Waals surface area contributed by atoms with Crippen molar-refractivity contribution in [3.8, 4) is 0 Å². The number of hydrogen-bond donors (Lipinski definition) is 2. The Morgan fingerprint density at radius 1 is 1.00 bits per heavy atom. The van der Waals surface area contributed by atoms with Gasteiger partial charge in [-0.2, -0.15) is 0 Å². The Morgan fingerprint density at radius 2 is 1.00 bits per heavy atom. The van der Waals surface area contributed by atoms with Crippen LogP contribution in [0.1, 0.15) is 13.8 Å². The molecule has 0 fully saturated rings. The average Bonchev–Trinajstić information content (AvgIpc) is 1.25. The van der Waals surface area contributed by atoms with Gasteiger partial charge in [-0.1, -0.05) is 0 Å². The highest BCUT2D eigenvalue weighted by Crippen LogP contribution is 1.42. The van der Waals surface area contributed by atoms with E-state index in [0.717, 1.165) is 13.8 Å². The molecule has 0 unspecified atom stereocenters. The van der Waals surface area contributed by atoms with Gasteiger partial charge >= 0.3 is 0 Å². The summed E-state index contributed by atoms with van der Waals surface area (Å²) in [6, 6.07) is 0. The molecule has 0 aliphatic rings. The summed E-state index contributed by atoms with van der Waals surface area (Å²) in [5.41, 5.74) is 0. The molecule has 0 aromatic heterocycles. The zero-order chi connectivity index (χ0) is 7.15. The molecule has 50 valence electrons. The zero-order valence-corrected chi connectivity index (χ0v) is 6.83. The van der Waals surface area contributed by atoms with Gasteiger partial charge in [-0.15, -0.1) is 0 Å². The third kappa shape index (κ3) is 2910. The van der Waals surface area contributed by atoms with Gasteiger partial charge in [-0.3, -0.25) is 9.59 Å². The van der Waals surface area contributed by atoms with Crippen molar-refractivity contribution < 1.29 is 19.8 Å². The molecular formula is C4H8MgO4. The van der Waals surface area contributed by atoms with Crippen LogP contribution >= 0.6 is 0 Å². The van der Waals surface area contributed by atoms with E-state index in [9.17, 15) is 0 Å². The first-order chi connectivity index (χ1) is 3.46. The number of carbonyl (C=O) groups is 2. The van der Waals surface area contributed by atoms with Gasteiger partial charge < -0.3 is 10.2 Å². The third-order valence-corrected chi connectivity index (χ3v) is 0. The van der Waals surface area contributed by atoms with Crippen LogP contribution in [0.2, 0.25) is 0 Å². The SMILES string of the molecule is CC(=O)O.CC(=O)O.[Mg]. The molecule has 0 aromatic carbocycles. The number of aliphatic carboxylic acids is 2. The van der Waals surface area contributed by atoms with Crippen LogP contribution in [-0.4, -0.2) is 45.2 Å². The molecule has 0 heterocycles. The highest BCUT2D eigenvalue weighted by molar-refractivity contribution is 5.75. The Balaban J connectivity index is -0.0000000720. The molecule has 4 nitrogen and oxygen atoms in total. The normalized spacial score (nSPS) is 5.56. The van der Waals surface area contributed by atoms with Crippen molar-refractivity contribution in [2.24, 2.45) is 0 Å². The smallest absolute Gasteiger partial charge is 0.300 e. The van der Waals surface area contributed by atoms with Gasteiger partial charge in [0.15, 0.2) is 0 Å². The Labute approximate surface area is 69.0 Å². The lowest BCUT2D eigenvalue weighted by Crippen LogP contribution is -1.78. The van der Waals surface area contributed by atoms with Crippen LogP contribution in [0, 0.1) is 0 Å². The fourth-order valence-corrected chi connectivity index (χ4v) is 0.